The third-order valence-electron chi connectivity index (χ3n) is 2.08. The van der Waals surface area contributed by atoms with Crippen LogP contribution in [0.15, 0.2) is 11.6 Å². The first-order chi connectivity index (χ1) is 6.86. The monoisotopic (exact) mass is 211 g/mol. The van der Waals surface area contributed by atoms with Crippen molar-refractivity contribution in [2.75, 3.05) is 18.4 Å². The first-order valence-electron chi connectivity index (χ1n) is 4.77. The summed E-state index contributed by atoms with van der Waals surface area (Å²) in [6.07, 6.45) is 3.88. The smallest absolute Gasteiger partial charge is 0.223 e. The predicted octanol–water partition coefficient (Wildman–Crippen LogP) is 1.08. The Labute approximate surface area is 86.7 Å². The van der Waals surface area contributed by atoms with Gasteiger partial charge in [0, 0.05) is 30.6 Å². The molecule has 2 rings (SSSR count). The van der Waals surface area contributed by atoms with Gasteiger partial charge >= 0.3 is 0 Å². The highest BCUT2D eigenvalue weighted by Crippen LogP contribution is 2.28. The van der Waals surface area contributed by atoms with Crippen LogP contribution in [0.3, 0.4) is 0 Å². The van der Waals surface area contributed by atoms with Gasteiger partial charge in [-0.05, 0) is 12.8 Å². The lowest BCUT2D eigenvalue weighted by molar-refractivity contribution is -0.122. The van der Waals surface area contributed by atoms with Crippen LogP contribution in [0.5, 0.6) is 0 Å². The van der Waals surface area contributed by atoms with E-state index in [4.69, 9.17) is 0 Å². The molecule has 0 radical (unpaired) electrons. The molecule has 1 heterocycles. The average Bonchev–Trinajstić information content (AvgIpc) is 2.92. The van der Waals surface area contributed by atoms with E-state index in [1.54, 1.807) is 17.5 Å². The Balaban J connectivity index is 1.57. The van der Waals surface area contributed by atoms with Crippen molar-refractivity contribution in [1.29, 1.82) is 0 Å². The normalized spacial score (nSPS) is 15.1. The summed E-state index contributed by atoms with van der Waals surface area (Å²) in [7, 11) is 0. The maximum absolute atomic E-state index is 11.2. The Morgan fingerprint density at radius 2 is 2.43 bits per heavy atom. The van der Waals surface area contributed by atoms with E-state index in [2.05, 4.69) is 15.6 Å². The first-order valence-corrected chi connectivity index (χ1v) is 5.65. The number of hydrogen-bond acceptors (Lipinski definition) is 4. The zero-order valence-corrected chi connectivity index (χ0v) is 8.64. The van der Waals surface area contributed by atoms with Crippen molar-refractivity contribution in [3.63, 3.8) is 0 Å². The molecule has 0 saturated heterocycles. The largest absolute Gasteiger partial charge is 0.360 e. The van der Waals surface area contributed by atoms with Crippen molar-refractivity contribution in [1.82, 2.24) is 10.3 Å². The van der Waals surface area contributed by atoms with Crippen LogP contribution in [-0.2, 0) is 4.79 Å². The van der Waals surface area contributed by atoms with Crippen LogP contribution in [0.25, 0.3) is 0 Å². The van der Waals surface area contributed by atoms with Gasteiger partial charge in [-0.1, -0.05) is 0 Å². The molecular weight excluding hydrogens is 198 g/mol. The number of nitrogens with one attached hydrogen (secondary N) is 2. The molecule has 1 aliphatic carbocycles. The molecule has 1 saturated carbocycles. The fourth-order valence-electron chi connectivity index (χ4n) is 1.16. The SMILES string of the molecule is O=C(NCCNc1nccs1)C1CC1. The Morgan fingerprint density at radius 1 is 1.57 bits per heavy atom. The molecule has 1 aliphatic rings. The van der Waals surface area contributed by atoms with Crippen LogP contribution in [-0.4, -0.2) is 24.0 Å². The lowest BCUT2D eigenvalue weighted by Crippen LogP contribution is -2.29. The van der Waals surface area contributed by atoms with Gasteiger partial charge in [-0.15, -0.1) is 11.3 Å². The van der Waals surface area contributed by atoms with Crippen molar-refractivity contribution in [2.45, 2.75) is 12.8 Å². The lowest BCUT2D eigenvalue weighted by Gasteiger charge is -2.04. The molecule has 0 bridgehead atoms. The molecule has 0 unspecified atom stereocenters. The Kier molecular flexibility index (Phi) is 2.98. The summed E-state index contributed by atoms with van der Waals surface area (Å²) in [5.74, 6) is 0.501. The molecule has 0 aromatic carbocycles. The van der Waals surface area contributed by atoms with Gasteiger partial charge in [-0.2, -0.15) is 0 Å². The van der Waals surface area contributed by atoms with Crippen LogP contribution in [0, 0.1) is 5.92 Å². The van der Waals surface area contributed by atoms with E-state index in [0.29, 0.717) is 12.5 Å². The van der Waals surface area contributed by atoms with Crippen molar-refractivity contribution >= 4 is 22.4 Å². The van der Waals surface area contributed by atoms with Gasteiger partial charge in [0.1, 0.15) is 0 Å². The number of hydrogen-bond donors (Lipinski definition) is 2. The summed E-state index contributed by atoms with van der Waals surface area (Å²) < 4.78 is 0. The molecule has 4 nitrogen and oxygen atoms in total. The summed E-state index contributed by atoms with van der Waals surface area (Å²) in [4.78, 5) is 15.3. The maximum atomic E-state index is 11.2. The number of aromatic nitrogens is 1. The molecule has 5 heteroatoms. The fourth-order valence-corrected chi connectivity index (χ4v) is 1.71. The Morgan fingerprint density at radius 3 is 3.07 bits per heavy atom. The zero-order chi connectivity index (χ0) is 9.80. The standard InChI is InChI=1S/C9H13N3OS/c13-8(7-1-2-7)10-3-4-11-9-12-5-6-14-9/h5-7H,1-4H2,(H,10,13)(H,11,12). The number of thiazole rings is 1. The number of nitrogens with zero attached hydrogens (tertiary/aromatic N) is 1. The molecule has 2 N–H and O–H groups in total. The Bertz CT molecular complexity index is 295. The van der Waals surface area contributed by atoms with Crippen LogP contribution < -0.4 is 10.6 Å². The van der Waals surface area contributed by atoms with E-state index >= 15 is 0 Å². The van der Waals surface area contributed by atoms with E-state index in [1.165, 1.54) is 0 Å². The zero-order valence-electron chi connectivity index (χ0n) is 7.82. The summed E-state index contributed by atoms with van der Waals surface area (Å²) in [5, 5.41) is 8.84. The second-order valence-corrected chi connectivity index (χ2v) is 4.22. The minimum atomic E-state index is 0.200. The van der Waals surface area contributed by atoms with Gasteiger partial charge in [-0.3, -0.25) is 4.79 Å². The predicted molar refractivity (Wildman–Crippen MR) is 56.3 cm³/mol. The van der Waals surface area contributed by atoms with Crippen molar-refractivity contribution in [2.24, 2.45) is 5.92 Å². The van der Waals surface area contributed by atoms with Crippen LogP contribution in [0.4, 0.5) is 5.13 Å². The number of amides is 1. The van der Waals surface area contributed by atoms with Gasteiger partial charge in [0.25, 0.3) is 0 Å². The van der Waals surface area contributed by atoms with E-state index in [0.717, 1.165) is 24.5 Å². The third kappa shape index (κ3) is 2.70. The van der Waals surface area contributed by atoms with Gasteiger partial charge in [0.05, 0.1) is 0 Å². The number of carbonyl (C=O) groups is 1. The molecule has 1 amide bonds. The Hall–Kier alpha value is -1.10. The van der Waals surface area contributed by atoms with Crippen molar-refractivity contribution < 1.29 is 4.79 Å². The van der Waals surface area contributed by atoms with Gasteiger partial charge in [0.15, 0.2) is 5.13 Å². The van der Waals surface area contributed by atoms with Gasteiger partial charge in [-0.25, -0.2) is 4.98 Å². The quantitative estimate of drug-likeness (QED) is 0.717. The highest BCUT2D eigenvalue weighted by molar-refractivity contribution is 7.13. The van der Waals surface area contributed by atoms with Crippen LogP contribution >= 0.6 is 11.3 Å². The summed E-state index contributed by atoms with van der Waals surface area (Å²) in [6.45, 7) is 1.42. The highest BCUT2D eigenvalue weighted by atomic mass is 32.1. The minimum absolute atomic E-state index is 0.200. The molecule has 14 heavy (non-hydrogen) atoms. The number of carbonyl (C=O) groups excluding carboxylic acids is 1. The number of anilines is 1. The first kappa shape index (κ1) is 9.45. The second-order valence-electron chi connectivity index (χ2n) is 3.33. The molecule has 0 aliphatic heterocycles. The fraction of sp³-hybridized carbons (Fsp3) is 0.556. The van der Waals surface area contributed by atoms with E-state index in [1.807, 2.05) is 5.38 Å². The lowest BCUT2D eigenvalue weighted by atomic mass is 10.4. The summed E-state index contributed by atoms with van der Waals surface area (Å²) in [6, 6.07) is 0. The molecule has 0 atom stereocenters. The van der Waals surface area contributed by atoms with E-state index < -0.39 is 0 Å². The van der Waals surface area contributed by atoms with Crippen LogP contribution in [0.2, 0.25) is 0 Å². The van der Waals surface area contributed by atoms with Crippen LogP contribution in [0.1, 0.15) is 12.8 Å². The highest BCUT2D eigenvalue weighted by Gasteiger charge is 2.28. The maximum Gasteiger partial charge on any atom is 0.223 e. The average molecular weight is 211 g/mol. The van der Waals surface area contributed by atoms with Crippen molar-refractivity contribution in [3.8, 4) is 0 Å². The molecule has 1 aromatic rings. The van der Waals surface area contributed by atoms with E-state index in [9.17, 15) is 4.79 Å². The third-order valence-corrected chi connectivity index (χ3v) is 2.81. The molecule has 1 fully saturated rings. The molecule has 0 spiro atoms. The second kappa shape index (κ2) is 4.41. The van der Waals surface area contributed by atoms with E-state index in [-0.39, 0.29) is 5.91 Å². The number of rotatable bonds is 5. The topological polar surface area (TPSA) is 54.0 Å². The van der Waals surface area contributed by atoms with Gasteiger partial charge in [0.2, 0.25) is 5.91 Å². The summed E-state index contributed by atoms with van der Waals surface area (Å²) >= 11 is 1.57. The van der Waals surface area contributed by atoms with Gasteiger partial charge < -0.3 is 10.6 Å². The molecule has 1 aromatic heterocycles. The van der Waals surface area contributed by atoms with Crippen molar-refractivity contribution in [3.05, 3.63) is 11.6 Å². The molecule has 76 valence electrons. The minimum Gasteiger partial charge on any atom is -0.360 e. The molecular formula is C9H13N3OS. The summed E-state index contributed by atoms with van der Waals surface area (Å²) in [5.41, 5.74) is 0.